The normalized spacial score (nSPS) is 45.0. The van der Waals surface area contributed by atoms with E-state index in [1.807, 2.05) is 0 Å². The summed E-state index contributed by atoms with van der Waals surface area (Å²) in [6, 6.07) is -6.94. The van der Waals surface area contributed by atoms with Gasteiger partial charge in [-0.25, -0.2) is 0 Å². The smallest absolute Gasteiger partial charge is 0.217 e. The summed E-state index contributed by atoms with van der Waals surface area (Å²) in [7, 11) is 0. The Bertz CT molecular complexity index is 2600. The predicted molar refractivity (Wildman–Crippen MR) is 305 cm³/mol. The second-order valence-corrected chi connectivity index (χ2v) is 24.7. The third kappa shape index (κ3) is 18.6. The second-order valence-electron chi connectivity index (χ2n) is 24.7. The average Bonchev–Trinajstić information content (AvgIpc) is 0.759. The summed E-state index contributed by atoms with van der Waals surface area (Å²) in [6.07, 6.45) is -70.4. The summed E-state index contributed by atoms with van der Waals surface area (Å²) >= 11 is 0. The predicted octanol–water partition coefficient (Wildman–Crippen LogP) is -18.8. The van der Waals surface area contributed by atoms with Gasteiger partial charge in [0.2, 0.25) is 29.9 Å². The zero-order chi connectivity index (χ0) is 74.1. The first-order valence-electron chi connectivity index (χ1n) is 31.4. The SMILES string of the molecule is CC(=O)N[C@H]1[C@H](O[C@@H]2[C@H](O[C@@H]3O[C@H](CO)[C@@H](O)[C@H](O[C@@H]4O[C@H](CO)[C@H](O)[C@H](O[C@]5(C(=O)[O-])C[C@H](O)[C@@H](NC(C)=O)[C@H]([C@H](O)[C@H](O)CO)O5)[C@H]4O)[C@H]3NC(C)=O)[C@@H](O)[C@H](O[C@H]3[C@H](O)[C@@H](O)[C@H](OC[C@@H](CO)NC=O)O[C@@H]3CO)O[C@@H]2CO)O[C@H](CO)[C@H](O)[C@@H]1O[C@@H]1O[C@H](CO)[C@H](O)[C@H](O)[C@H]1O. The molecule has 0 bridgehead atoms. The summed E-state index contributed by atoms with van der Waals surface area (Å²) in [5, 5.41) is 253. The summed E-state index contributed by atoms with van der Waals surface area (Å²) in [4.78, 5) is 63.0. The van der Waals surface area contributed by atoms with Crippen molar-refractivity contribution in [3.63, 3.8) is 0 Å². The molecule has 25 N–H and O–H groups in total. The van der Waals surface area contributed by atoms with Crippen LogP contribution in [0.5, 0.6) is 0 Å². The summed E-state index contributed by atoms with van der Waals surface area (Å²) < 4.78 is 82.6. The standard InChI is InChI=1S/C55H92N4O41/c1-15(69)57-27-19(72)4-55(54(85)86,99-45(27)30(74)20(73)6-61)100-46-34(78)24(10-65)91-52(39(46)83)97-44-29(59-17(3)71)49(89-23(9-64)33(44)77)98-47-40(84)53(94-41-25(11-66)92-50(38(82)36(41)80)87-13-18(5-60)56-14-68)93-26(12-67)42(47)95-48-28(58-16(2)70)43(32(76)22(8-63)88-48)96-51-37(81)35(79)31(75)21(7-62)90-51/h14,18-53,60-67,72-84H,4-13H2,1-3H3,(H,56,68)(H,57,69)(H,58,70)(H,59,71)(H,85,86)/p-1/t18-,19+,20-,21-,22-,23-,24-,25-,26-,27-,28-,29-,30-,31+,32+,33-,34+,35+,36-,37-,38-,39-,40-,41-,42+,43-,44-,45-,46+,47-,48+,49+,50-,51+,52+,53+,55+/m1/s1. The number of rotatable bonds is 31. The van der Waals surface area contributed by atoms with Gasteiger partial charge in [0.1, 0.15) is 171 Å². The third-order valence-electron chi connectivity index (χ3n) is 17.7. The maximum absolute atomic E-state index is 13.4. The molecule has 37 atom stereocenters. The van der Waals surface area contributed by atoms with Crippen LogP contribution in [0, 0.1) is 0 Å². The Labute approximate surface area is 565 Å². The number of aliphatic carboxylic acids is 1. The van der Waals surface area contributed by atoms with Crippen LogP contribution in [0.25, 0.3) is 0 Å². The number of nitrogens with one attached hydrogen (secondary N) is 4. The van der Waals surface area contributed by atoms with Crippen molar-refractivity contribution in [1.29, 1.82) is 0 Å². The highest BCUT2D eigenvalue weighted by atomic mass is 16.8. The monoisotopic (exact) mass is 1460 g/mol. The highest BCUT2D eigenvalue weighted by molar-refractivity contribution is 5.75. The maximum atomic E-state index is 13.4. The number of amides is 4. The van der Waals surface area contributed by atoms with Gasteiger partial charge in [0, 0.05) is 27.2 Å². The molecular weight excluding hydrogens is 1370 g/mol. The zero-order valence-corrected chi connectivity index (χ0v) is 53.5. The molecule has 0 spiro atoms. The maximum Gasteiger partial charge on any atom is 0.217 e. The molecule has 45 nitrogen and oxygen atoms in total. The van der Waals surface area contributed by atoms with Gasteiger partial charge in [0.25, 0.3) is 0 Å². The molecule has 7 heterocycles. The van der Waals surface area contributed by atoms with Gasteiger partial charge in [-0.1, -0.05) is 0 Å². The molecule has 45 heteroatoms. The molecule has 7 saturated heterocycles. The first kappa shape index (κ1) is 83.2. The van der Waals surface area contributed by atoms with Gasteiger partial charge in [-0.15, -0.1) is 0 Å². The van der Waals surface area contributed by atoms with E-state index in [4.69, 9.17) is 66.3 Å². The van der Waals surface area contributed by atoms with E-state index >= 15 is 0 Å². The molecule has 0 aromatic carbocycles. The Morgan fingerprint density at radius 1 is 0.460 bits per heavy atom. The van der Waals surface area contributed by atoms with Crippen molar-refractivity contribution in [2.75, 3.05) is 59.5 Å². The average molecular weight is 1460 g/mol. The molecule has 0 aromatic rings. The van der Waals surface area contributed by atoms with E-state index in [0.717, 1.165) is 20.8 Å². The van der Waals surface area contributed by atoms with Gasteiger partial charge in [0.15, 0.2) is 37.7 Å². The number of hydrogen-bond acceptors (Lipinski definition) is 41. The molecule has 100 heavy (non-hydrogen) atoms. The van der Waals surface area contributed by atoms with E-state index in [2.05, 4.69) is 21.3 Å². The molecular formula is C55H91N4O41-. The Morgan fingerprint density at radius 2 is 0.850 bits per heavy atom. The molecule has 4 amide bonds. The number of carboxylic acids is 1. The number of carboxylic acid groups (broad SMARTS) is 1. The lowest BCUT2D eigenvalue weighted by atomic mass is 9.88. The molecule has 0 aromatic heterocycles. The fourth-order valence-corrected chi connectivity index (χ4v) is 12.5. The van der Waals surface area contributed by atoms with Gasteiger partial charge in [0.05, 0.1) is 77.6 Å². The van der Waals surface area contributed by atoms with E-state index in [1.54, 1.807) is 0 Å². The number of carbonyl (C=O) groups is 5. The van der Waals surface area contributed by atoms with E-state index < -0.39 is 316 Å². The molecule has 0 aliphatic carbocycles. The van der Waals surface area contributed by atoms with Gasteiger partial charge >= 0.3 is 0 Å². The molecule has 0 saturated carbocycles. The first-order chi connectivity index (χ1) is 47.3. The molecule has 7 aliphatic heterocycles. The van der Waals surface area contributed by atoms with Crippen molar-refractivity contribution in [1.82, 2.24) is 21.3 Å². The van der Waals surface area contributed by atoms with Crippen LogP contribution in [-0.4, -0.2) is 423 Å². The lowest BCUT2D eigenvalue weighted by molar-refractivity contribution is -0.412. The third-order valence-corrected chi connectivity index (χ3v) is 17.7. The van der Waals surface area contributed by atoms with Crippen LogP contribution in [0.3, 0.4) is 0 Å². The Balaban J connectivity index is 1.29. The summed E-state index contributed by atoms with van der Waals surface area (Å²) in [6.45, 7) is -6.71. The van der Waals surface area contributed by atoms with Crippen LogP contribution in [0.2, 0.25) is 0 Å². The van der Waals surface area contributed by atoms with Gasteiger partial charge in [-0.2, -0.15) is 0 Å². The van der Waals surface area contributed by atoms with E-state index in [-0.39, 0.29) is 6.41 Å². The van der Waals surface area contributed by atoms with Crippen LogP contribution >= 0.6 is 0 Å². The molecule has 7 rings (SSSR count). The number of aliphatic hydroxyl groups excluding tert-OH is 21. The van der Waals surface area contributed by atoms with Crippen LogP contribution in [0.15, 0.2) is 0 Å². The number of ether oxygens (including phenoxy) is 14. The van der Waals surface area contributed by atoms with Crippen molar-refractivity contribution in [3.05, 3.63) is 0 Å². The lowest BCUT2D eigenvalue weighted by Gasteiger charge is -2.53. The molecule has 7 fully saturated rings. The fourth-order valence-electron chi connectivity index (χ4n) is 12.5. The minimum Gasteiger partial charge on any atom is -0.544 e. The van der Waals surface area contributed by atoms with Gasteiger partial charge in [-0.05, 0) is 0 Å². The summed E-state index contributed by atoms with van der Waals surface area (Å²) in [5.74, 6) is -8.77. The van der Waals surface area contributed by atoms with E-state index in [1.165, 1.54) is 0 Å². The Hall–Kier alpha value is -4.05. The van der Waals surface area contributed by atoms with Crippen LogP contribution in [-0.2, 0) is 90.3 Å². The molecule has 0 unspecified atom stereocenters. The van der Waals surface area contributed by atoms with Crippen molar-refractivity contribution in [2.45, 2.75) is 254 Å². The van der Waals surface area contributed by atoms with Gasteiger partial charge < -0.3 is 205 Å². The first-order valence-corrected chi connectivity index (χ1v) is 31.4. The number of aliphatic hydroxyl groups is 21. The largest absolute Gasteiger partial charge is 0.544 e. The molecule has 7 aliphatic rings. The van der Waals surface area contributed by atoms with Gasteiger partial charge in [-0.3, -0.25) is 19.2 Å². The Kier molecular flexibility index (Phi) is 30.6. The highest BCUT2D eigenvalue weighted by Gasteiger charge is 2.62. The van der Waals surface area contributed by atoms with Crippen LogP contribution < -0.4 is 26.4 Å². The second kappa shape index (κ2) is 36.8. The van der Waals surface area contributed by atoms with Crippen LogP contribution in [0.1, 0.15) is 27.2 Å². The minimum absolute atomic E-state index is 0.221. The topological polar surface area (TPSA) is 711 Å². The fraction of sp³-hybridized carbons (Fsp3) is 0.909. The lowest BCUT2D eigenvalue weighted by Crippen LogP contribution is -2.73. The highest BCUT2D eigenvalue weighted by Crippen LogP contribution is 2.41. The van der Waals surface area contributed by atoms with Crippen molar-refractivity contribution < 1.29 is 203 Å². The summed E-state index contributed by atoms with van der Waals surface area (Å²) in [5.41, 5.74) is 0. The van der Waals surface area contributed by atoms with Crippen molar-refractivity contribution in [2.24, 2.45) is 0 Å². The van der Waals surface area contributed by atoms with Crippen molar-refractivity contribution in [3.8, 4) is 0 Å². The number of carbonyl (C=O) groups excluding carboxylic acids is 5. The Morgan fingerprint density at radius 3 is 1.31 bits per heavy atom. The molecule has 578 valence electrons. The molecule has 0 radical (unpaired) electrons. The van der Waals surface area contributed by atoms with Crippen molar-refractivity contribution >= 4 is 30.1 Å². The quantitative estimate of drug-likeness (QED) is 0.0287. The minimum atomic E-state index is -3.43. The van der Waals surface area contributed by atoms with E-state index in [0.29, 0.717) is 0 Å². The zero-order valence-electron chi connectivity index (χ0n) is 53.5. The number of hydrogen-bond donors (Lipinski definition) is 25. The van der Waals surface area contributed by atoms with E-state index in [9.17, 15) is 136 Å². The van der Waals surface area contributed by atoms with Crippen LogP contribution in [0.4, 0.5) is 0 Å².